The highest BCUT2D eigenvalue weighted by molar-refractivity contribution is 7.89. The molecule has 0 aliphatic carbocycles. The Hall–Kier alpha value is -1.36. The van der Waals surface area contributed by atoms with E-state index in [1.807, 2.05) is 6.92 Å². The lowest BCUT2D eigenvalue weighted by Gasteiger charge is -2.07. The fourth-order valence-electron chi connectivity index (χ4n) is 1.53. The zero-order valence-corrected chi connectivity index (χ0v) is 12.0. The van der Waals surface area contributed by atoms with E-state index in [0.29, 0.717) is 19.0 Å². The Balaban J connectivity index is 2.52. The van der Waals surface area contributed by atoms with E-state index < -0.39 is 10.0 Å². The molecule has 19 heavy (non-hydrogen) atoms. The van der Waals surface area contributed by atoms with Crippen LogP contribution in [0.15, 0.2) is 11.4 Å². The minimum atomic E-state index is -3.93. The molecule has 104 valence electrons. The van der Waals surface area contributed by atoms with E-state index in [1.165, 1.54) is 23.0 Å². The number of sulfonamides is 1. The van der Waals surface area contributed by atoms with Crippen LogP contribution in [0.25, 0.3) is 10.7 Å². The Kier molecular flexibility index (Phi) is 3.94. The molecule has 2 heterocycles. The molecule has 10 heteroatoms. The van der Waals surface area contributed by atoms with Crippen molar-refractivity contribution in [2.45, 2.75) is 18.6 Å². The summed E-state index contributed by atoms with van der Waals surface area (Å²) >= 11 is 1.40. The molecule has 8 nitrogen and oxygen atoms in total. The van der Waals surface area contributed by atoms with E-state index in [1.54, 1.807) is 6.20 Å². The maximum absolute atomic E-state index is 11.5. The summed E-state index contributed by atoms with van der Waals surface area (Å²) in [6.07, 6.45) is 1.63. The lowest BCUT2D eigenvalue weighted by molar-refractivity contribution is 0.185. The number of methoxy groups -OCH3 is 1. The van der Waals surface area contributed by atoms with Crippen LogP contribution in [-0.4, -0.2) is 41.9 Å². The van der Waals surface area contributed by atoms with Gasteiger partial charge in [-0.25, -0.2) is 18.5 Å². The number of nitrogens with two attached hydrogens (primary N) is 1. The Labute approximate surface area is 114 Å². The fraction of sp³-hybridized carbons (Fsp3) is 0.444. The van der Waals surface area contributed by atoms with Crippen molar-refractivity contribution in [3.63, 3.8) is 0 Å². The minimum absolute atomic E-state index is 0.273. The number of aromatic nitrogens is 4. The van der Waals surface area contributed by atoms with E-state index in [4.69, 9.17) is 9.88 Å². The number of hydrogen-bond donors (Lipinski definition) is 1. The number of nitrogens with zero attached hydrogens (tertiary/aromatic N) is 4. The van der Waals surface area contributed by atoms with Crippen LogP contribution in [0.5, 0.6) is 0 Å². The van der Waals surface area contributed by atoms with Crippen molar-refractivity contribution in [3.8, 4) is 10.7 Å². The van der Waals surface area contributed by atoms with Gasteiger partial charge >= 0.3 is 0 Å². The molecule has 2 N–H and O–H groups in total. The predicted octanol–water partition coefficient (Wildman–Crippen LogP) is 0.00382. The van der Waals surface area contributed by atoms with Gasteiger partial charge in [-0.3, -0.25) is 4.57 Å². The highest BCUT2D eigenvalue weighted by Gasteiger charge is 2.22. The van der Waals surface area contributed by atoms with Crippen molar-refractivity contribution >= 4 is 21.4 Å². The van der Waals surface area contributed by atoms with Gasteiger partial charge in [0.2, 0.25) is 0 Å². The Morgan fingerprint density at radius 3 is 2.74 bits per heavy atom. The highest BCUT2D eigenvalue weighted by Crippen LogP contribution is 2.25. The summed E-state index contributed by atoms with van der Waals surface area (Å²) in [5.41, 5.74) is 0. The van der Waals surface area contributed by atoms with Crippen LogP contribution in [0.3, 0.4) is 0 Å². The topological polar surface area (TPSA) is 113 Å². The van der Waals surface area contributed by atoms with Gasteiger partial charge in [0.25, 0.3) is 15.2 Å². The first-order valence-corrected chi connectivity index (χ1v) is 7.67. The quantitative estimate of drug-likeness (QED) is 0.832. The highest BCUT2D eigenvalue weighted by atomic mass is 32.2. The number of ether oxygens (including phenoxy) is 1. The van der Waals surface area contributed by atoms with Crippen LogP contribution in [0.2, 0.25) is 0 Å². The normalized spacial score (nSPS) is 11.9. The molecule has 2 aromatic heterocycles. The van der Waals surface area contributed by atoms with Gasteiger partial charge in [-0.2, -0.15) is 0 Å². The summed E-state index contributed by atoms with van der Waals surface area (Å²) in [6, 6.07) is 0. The van der Waals surface area contributed by atoms with Gasteiger partial charge in [-0.1, -0.05) is 0 Å². The summed E-state index contributed by atoms with van der Waals surface area (Å²) in [5.74, 6) is 0.423. The van der Waals surface area contributed by atoms with Crippen molar-refractivity contribution in [2.75, 3.05) is 13.7 Å². The lowest BCUT2D eigenvalue weighted by atomic mass is 10.5. The summed E-state index contributed by atoms with van der Waals surface area (Å²) in [5, 5.41) is 13.2. The van der Waals surface area contributed by atoms with E-state index in [-0.39, 0.29) is 5.16 Å². The molecule has 2 aromatic rings. The van der Waals surface area contributed by atoms with Crippen LogP contribution in [-0.2, 0) is 21.3 Å². The zero-order valence-electron chi connectivity index (χ0n) is 10.4. The first kappa shape index (κ1) is 14.1. The molecule has 0 aromatic carbocycles. The van der Waals surface area contributed by atoms with Crippen molar-refractivity contribution in [3.05, 3.63) is 11.2 Å². The average molecular weight is 303 g/mol. The third-order valence-corrected chi connectivity index (χ3v) is 4.05. The van der Waals surface area contributed by atoms with Crippen LogP contribution < -0.4 is 5.14 Å². The van der Waals surface area contributed by atoms with Crippen LogP contribution in [0.4, 0.5) is 0 Å². The minimum Gasteiger partial charge on any atom is -0.383 e. The second-order valence-corrected chi connectivity index (χ2v) is 6.43. The standard InChI is InChI=1S/C9H13N5O3S2/c1-6-11-5-7(18-6)8-12-13-9(19(10,15)16)14(8)3-4-17-2/h5H,3-4H2,1-2H3,(H2,10,15,16). The first-order chi connectivity index (χ1) is 8.93. The molecule has 0 bridgehead atoms. The van der Waals surface area contributed by atoms with Crippen molar-refractivity contribution in [2.24, 2.45) is 5.14 Å². The molecular formula is C9H13N5O3S2. The molecule has 0 saturated heterocycles. The van der Waals surface area contributed by atoms with Crippen LogP contribution in [0.1, 0.15) is 5.01 Å². The predicted molar refractivity (Wildman–Crippen MR) is 69.1 cm³/mol. The first-order valence-electron chi connectivity index (χ1n) is 5.31. The fourth-order valence-corrected chi connectivity index (χ4v) is 2.94. The molecule has 0 amide bonds. The molecule has 0 aliphatic heterocycles. The molecule has 0 atom stereocenters. The van der Waals surface area contributed by atoms with E-state index in [0.717, 1.165) is 9.88 Å². The van der Waals surface area contributed by atoms with Gasteiger partial charge in [0.15, 0.2) is 5.82 Å². The van der Waals surface area contributed by atoms with Gasteiger partial charge in [-0.05, 0) is 6.92 Å². The van der Waals surface area contributed by atoms with Gasteiger partial charge in [0.1, 0.15) is 0 Å². The SMILES string of the molecule is COCCn1c(-c2cnc(C)s2)nnc1S(N)(=O)=O. The largest absolute Gasteiger partial charge is 0.383 e. The van der Waals surface area contributed by atoms with Crippen LogP contribution in [0, 0.1) is 6.92 Å². The second-order valence-electron chi connectivity index (χ2n) is 3.74. The molecule has 0 radical (unpaired) electrons. The third-order valence-electron chi connectivity index (χ3n) is 2.33. The number of hydrogen-bond acceptors (Lipinski definition) is 7. The van der Waals surface area contributed by atoms with E-state index >= 15 is 0 Å². The lowest BCUT2D eigenvalue weighted by Crippen LogP contribution is -2.20. The van der Waals surface area contributed by atoms with Gasteiger partial charge < -0.3 is 4.74 Å². The van der Waals surface area contributed by atoms with Crippen molar-refractivity contribution in [1.82, 2.24) is 19.7 Å². The van der Waals surface area contributed by atoms with Crippen molar-refractivity contribution in [1.29, 1.82) is 0 Å². The molecule has 0 unspecified atom stereocenters. The van der Waals surface area contributed by atoms with Crippen LogP contribution >= 0.6 is 11.3 Å². The number of thiazole rings is 1. The average Bonchev–Trinajstić information content (AvgIpc) is 2.91. The summed E-state index contributed by atoms with van der Waals surface area (Å²) in [7, 11) is -2.40. The Morgan fingerprint density at radius 2 is 2.21 bits per heavy atom. The number of primary sulfonamides is 1. The molecule has 0 fully saturated rings. The van der Waals surface area contributed by atoms with Crippen molar-refractivity contribution < 1.29 is 13.2 Å². The summed E-state index contributed by atoms with van der Waals surface area (Å²) in [4.78, 5) is 4.84. The Bertz CT molecular complexity index is 676. The molecule has 0 spiro atoms. The zero-order chi connectivity index (χ0) is 14.0. The van der Waals surface area contributed by atoms with Gasteiger partial charge in [0.05, 0.1) is 23.0 Å². The second kappa shape index (κ2) is 5.33. The third kappa shape index (κ3) is 2.97. The summed E-state index contributed by atoms with van der Waals surface area (Å²) < 4.78 is 29.3. The van der Waals surface area contributed by atoms with Gasteiger partial charge in [-0.15, -0.1) is 21.5 Å². The molecule has 0 aliphatic rings. The molecule has 2 rings (SSSR count). The van der Waals surface area contributed by atoms with E-state index in [9.17, 15) is 8.42 Å². The smallest absolute Gasteiger partial charge is 0.273 e. The summed E-state index contributed by atoms with van der Waals surface area (Å²) in [6.45, 7) is 2.47. The van der Waals surface area contributed by atoms with Gasteiger partial charge in [0, 0.05) is 13.3 Å². The maximum Gasteiger partial charge on any atom is 0.273 e. The van der Waals surface area contributed by atoms with E-state index in [2.05, 4.69) is 15.2 Å². The maximum atomic E-state index is 11.5. The Morgan fingerprint density at radius 1 is 1.47 bits per heavy atom. The number of rotatable bonds is 5. The molecule has 0 saturated carbocycles. The molecular weight excluding hydrogens is 290 g/mol. The monoisotopic (exact) mass is 303 g/mol. The number of aryl methyl sites for hydroxylation is 1.